The van der Waals surface area contributed by atoms with Gasteiger partial charge in [0.25, 0.3) is 0 Å². The number of hydrogen-bond donors (Lipinski definition) is 1. The van der Waals surface area contributed by atoms with Crippen molar-refractivity contribution in [2.45, 2.75) is 58.4 Å². The van der Waals surface area contributed by atoms with E-state index < -0.39 is 0 Å². The van der Waals surface area contributed by atoms with Crippen molar-refractivity contribution in [3.8, 4) is 0 Å². The summed E-state index contributed by atoms with van der Waals surface area (Å²) in [5, 5.41) is 0. The van der Waals surface area contributed by atoms with Gasteiger partial charge in [0.2, 0.25) is 0 Å². The van der Waals surface area contributed by atoms with Crippen LogP contribution in [0.2, 0.25) is 0 Å². The average Bonchev–Trinajstić information content (AvgIpc) is 2.05. The summed E-state index contributed by atoms with van der Waals surface area (Å²) in [6.45, 7) is 6.88. The highest BCUT2D eigenvalue weighted by Crippen LogP contribution is 2.36. The van der Waals surface area contributed by atoms with E-state index in [1.165, 1.54) is 25.7 Å². The Labute approximate surface area is 76.7 Å². The van der Waals surface area contributed by atoms with E-state index in [-0.39, 0.29) is 5.54 Å². The Morgan fingerprint density at radius 2 is 2.17 bits per heavy atom. The second-order valence-corrected chi connectivity index (χ2v) is 4.82. The number of rotatable bonds is 2. The zero-order valence-corrected chi connectivity index (χ0v) is 8.77. The van der Waals surface area contributed by atoms with Crippen LogP contribution in [-0.2, 0) is 0 Å². The smallest absolute Gasteiger partial charge is 0.0154 e. The Morgan fingerprint density at radius 3 is 2.67 bits per heavy atom. The Bertz CT molecular complexity index is 142. The predicted molar refractivity (Wildman–Crippen MR) is 54.0 cm³/mol. The van der Waals surface area contributed by atoms with Gasteiger partial charge in [0.05, 0.1) is 0 Å². The fourth-order valence-corrected chi connectivity index (χ4v) is 2.33. The van der Waals surface area contributed by atoms with Crippen LogP contribution in [0, 0.1) is 11.8 Å². The van der Waals surface area contributed by atoms with Crippen LogP contribution in [-0.4, -0.2) is 5.54 Å². The topological polar surface area (TPSA) is 26.0 Å². The maximum atomic E-state index is 6.29. The molecule has 1 nitrogen and oxygen atoms in total. The van der Waals surface area contributed by atoms with E-state index in [9.17, 15) is 0 Å². The van der Waals surface area contributed by atoms with Crippen molar-refractivity contribution < 1.29 is 0 Å². The first-order valence-corrected chi connectivity index (χ1v) is 5.36. The van der Waals surface area contributed by atoms with E-state index in [4.69, 9.17) is 5.73 Å². The van der Waals surface area contributed by atoms with E-state index in [1.807, 2.05) is 0 Å². The molecule has 2 N–H and O–H groups in total. The van der Waals surface area contributed by atoms with Gasteiger partial charge in [-0.25, -0.2) is 0 Å². The normalized spacial score (nSPS) is 37.2. The maximum Gasteiger partial charge on any atom is 0.0154 e. The Kier molecular flexibility index (Phi) is 3.16. The number of nitrogens with two attached hydrogens (primary N) is 1. The predicted octanol–water partition coefficient (Wildman–Crippen LogP) is 2.94. The fourth-order valence-electron chi connectivity index (χ4n) is 2.33. The summed E-state index contributed by atoms with van der Waals surface area (Å²) >= 11 is 0. The van der Waals surface area contributed by atoms with Crippen molar-refractivity contribution in [2.75, 3.05) is 0 Å². The third kappa shape index (κ3) is 2.22. The third-order valence-corrected chi connectivity index (χ3v) is 3.57. The Morgan fingerprint density at radius 1 is 1.50 bits per heavy atom. The molecule has 2 unspecified atom stereocenters. The lowest BCUT2D eigenvalue weighted by molar-refractivity contribution is 0.179. The molecule has 0 aliphatic heterocycles. The van der Waals surface area contributed by atoms with Crippen LogP contribution >= 0.6 is 0 Å². The third-order valence-electron chi connectivity index (χ3n) is 3.57. The fraction of sp³-hybridized carbons (Fsp3) is 1.00. The van der Waals surface area contributed by atoms with E-state index in [0.29, 0.717) is 0 Å². The van der Waals surface area contributed by atoms with Crippen LogP contribution in [0.4, 0.5) is 0 Å². The van der Waals surface area contributed by atoms with Gasteiger partial charge in [-0.15, -0.1) is 0 Å². The minimum Gasteiger partial charge on any atom is -0.325 e. The molecule has 1 rings (SSSR count). The van der Waals surface area contributed by atoms with Crippen LogP contribution in [0.1, 0.15) is 52.9 Å². The van der Waals surface area contributed by atoms with Crippen molar-refractivity contribution in [3.63, 3.8) is 0 Å². The quantitative estimate of drug-likeness (QED) is 0.675. The molecule has 0 aromatic carbocycles. The largest absolute Gasteiger partial charge is 0.325 e. The van der Waals surface area contributed by atoms with Crippen LogP contribution in [0.5, 0.6) is 0 Å². The number of hydrogen-bond acceptors (Lipinski definition) is 1. The molecule has 72 valence electrons. The molecule has 0 saturated heterocycles. The molecule has 0 aromatic heterocycles. The molecule has 0 aromatic rings. The van der Waals surface area contributed by atoms with Gasteiger partial charge >= 0.3 is 0 Å². The van der Waals surface area contributed by atoms with E-state index in [1.54, 1.807) is 0 Å². The monoisotopic (exact) mass is 169 g/mol. The SMILES string of the molecule is CCC1(N)CCCC(C(C)C)C1. The molecule has 1 aliphatic rings. The first kappa shape index (κ1) is 10.0. The lowest BCUT2D eigenvalue weighted by Crippen LogP contribution is -2.44. The maximum absolute atomic E-state index is 6.29. The first-order chi connectivity index (χ1) is 5.57. The summed E-state index contributed by atoms with van der Waals surface area (Å²) < 4.78 is 0. The molecule has 0 bridgehead atoms. The lowest BCUT2D eigenvalue weighted by atomic mass is 9.71. The zero-order chi connectivity index (χ0) is 9.19. The van der Waals surface area contributed by atoms with Crippen LogP contribution in [0.15, 0.2) is 0 Å². The van der Waals surface area contributed by atoms with Gasteiger partial charge in [-0.2, -0.15) is 0 Å². The van der Waals surface area contributed by atoms with Crippen LogP contribution in [0.25, 0.3) is 0 Å². The minimum absolute atomic E-state index is 0.174. The first-order valence-electron chi connectivity index (χ1n) is 5.36. The molecule has 0 amide bonds. The molecule has 1 heteroatoms. The van der Waals surface area contributed by atoms with Crippen molar-refractivity contribution in [1.29, 1.82) is 0 Å². The molecule has 0 heterocycles. The van der Waals surface area contributed by atoms with Crippen molar-refractivity contribution in [3.05, 3.63) is 0 Å². The van der Waals surface area contributed by atoms with Crippen LogP contribution < -0.4 is 5.73 Å². The van der Waals surface area contributed by atoms with E-state index >= 15 is 0 Å². The van der Waals surface area contributed by atoms with E-state index in [0.717, 1.165) is 18.3 Å². The Balaban J connectivity index is 2.51. The summed E-state index contributed by atoms with van der Waals surface area (Å²) in [5.41, 5.74) is 6.46. The molecule has 0 spiro atoms. The zero-order valence-electron chi connectivity index (χ0n) is 8.77. The average molecular weight is 169 g/mol. The molecule has 2 atom stereocenters. The van der Waals surface area contributed by atoms with Gasteiger partial charge < -0.3 is 5.73 Å². The van der Waals surface area contributed by atoms with Crippen molar-refractivity contribution in [2.24, 2.45) is 17.6 Å². The molecule has 1 saturated carbocycles. The lowest BCUT2D eigenvalue weighted by Gasteiger charge is -2.39. The summed E-state index contributed by atoms with van der Waals surface area (Å²) in [6.07, 6.45) is 6.38. The molecular weight excluding hydrogens is 146 g/mol. The molecular formula is C11H23N. The molecule has 0 radical (unpaired) electrons. The second-order valence-electron chi connectivity index (χ2n) is 4.82. The van der Waals surface area contributed by atoms with Gasteiger partial charge in [0.1, 0.15) is 0 Å². The van der Waals surface area contributed by atoms with Gasteiger partial charge in [0, 0.05) is 5.54 Å². The van der Waals surface area contributed by atoms with Gasteiger partial charge in [-0.3, -0.25) is 0 Å². The summed E-state index contributed by atoms with van der Waals surface area (Å²) in [4.78, 5) is 0. The second kappa shape index (κ2) is 3.78. The minimum atomic E-state index is 0.174. The highest BCUT2D eigenvalue weighted by molar-refractivity contribution is 4.90. The van der Waals surface area contributed by atoms with Crippen LogP contribution in [0.3, 0.4) is 0 Å². The van der Waals surface area contributed by atoms with Crippen molar-refractivity contribution >= 4 is 0 Å². The van der Waals surface area contributed by atoms with E-state index in [2.05, 4.69) is 20.8 Å². The van der Waals surface area contributed by atoms with Gasteiger partial charge in [-0.1, -0.05) is 33.6 Å². The highest BCUT2D eigenvalue weighted by Gasteiger charge is 2.32. The summed E-state index contributed by atoms with van der Waals surface area (Å²) in [7, 11) is 0. The summed E-state index contributed by atoms with van der Waals surface area (Å²) in [5.74, 6) is 1.70. The van der Waals surface area contributed by atoms with Gasteiger partial charge in [0.15, 0.2) is 0 Å². The molecule has 1 fully saturated rings. The van der Waals surface area contributed by atoms with Gasteiger partial charge in [-0.05, 0) is 31.1 Å². The standard InChI is InChI=1S/C11H23N/c1-4-11(12)7-5-6-10(8-11)9(2)3/h9-10H,4-8,12H2,1-3H3. The summed E-state index contributed by atoms with van der Waals surface area (Å²) in [6, 6.07) is 0. The Hall–Kier alpha value is -0.0400. The van der Waals surface area contributed by atoms with Crippen molar-refractivity contribution in [1.82, 2.24) is 0 Å². The molecule has 12 heavy (non-hydrogen) atoms. The molecule has 1 aliphatic carbocycles. The highest BCUT2D eigenvalue weighted by atomic mass is 14.7.